The minimum atomic E-state index is -1.93. The molecular weight excluding hydrogens is 285 g/mol. The van der Waals surface area contributed by atoms with Gasteiger partial charge in [-0.3, -0.25) is 4.98 Å². The summed E-state index contributed by atoms with van der Waals surface area (Å²) in [7, 11) is -1.93. The van der Waals surface area contributed by atoms with Gasteiger partial charge in [0.25, 0.3) is 0 Å². The molecule has 0 fully saturated rings. The van der Waals surface area contributed by atoms with Crippen LogP contribution in [0.15, 0.2) is 18.8 Å². The van der Waals surface area contributed by atoms with Crippen LogP contribution in [0.25, 0.3) is 5.76 Å². The first kappa shape index (κ1) is 17.8. The smallest absolute Gasteiger partial charge is 0.192 e. The van der Waals surface area contributed by atoms with Gasteiger partial charge in [0.15, 0.2) is 14.1 Å². The first-order valence-corrected chi connectivity index (χ1v) is 10.1. The average molecular weight is 311 g/mol. The van der Waals surface area contributed by atoms with Crippen molar-refractivity contribution in [2.24, 2.45) is 0 Å². The lowest BCUT2D eigenvalue weighted by Gasteiger charge is -2.36. The summed E-state index contributed by atoms with van der Waals surface area (Å²) in [6.45, 7) is 16.9. The van der Waals surface area contributed by atoms with Crippen LogP contribution in [-0.4, -0.2) is 19.9 Å². The summed E-state index contributed by atoms with van der Waals surface area (Å²) in [5.41, 5.74) is 0.652. The Balaban J connectivity index is 2.91. The van der Waals surface area contributed by atoms with E-state index in [1.165, 1.54) is 0 Å². The third-order valence-electron chi connectivity index (χ3n) is 3.96. The Morgan fingerprint density at radius 2 is 2.00 bits per heavy atom. The molecule has 0 atom stereocenters. The highest BCUT2D eigenvalue weighted by atomic mass is 28.4. The van der Waals surface area contributed by atoms with E-state index in [2.05, 4.69) is 45.4 Å². The molecule has 1 rings (SSSR count). The summed E-state index contributed by atoms with van der Waals surface area (Å²) in [5.74, 6) is -0.0827. The molecule has 0 saturated heterocycles. The number of nitrogens with zero attached hydrogens (tertiary/aromatic N) is 1. The van der Waals surface area contributed by atoms with Crippen LogP contribution < -0.4 is 0 Å². The van der Waals surface area contributed by atoms with Crippen LogP contribution in [0.3, 0.4) is 0 Å². The zero-order valence-electron chi connectivity index (χ0n) is 13.9. The Morgan fingerprint density at radius 3 is 2.52 bits per heavy atom. The highest BCUT2D eigenvalue weighted by Crippen LogP contribution is 2.37. The second-order valence-corrected chi connectivity index (χ2v) is 11.3. The molecule has 0 spiro atoms. The molecule has 118 valence electrons. The number of pyridine rings is 1. The molecule has 0 aliphatic heterocycles. The van der Waals surface area contributed by atoms with E-state index in [0.29, 0.717) is 23.6 Å². The molecule has 0 aliphatic carbocycles. The summed E-state index contributed by atoms with van der Waals surface area (Å²) in [6.07, 6.45) is 1.56. The lowest BCUT2D eigenvalue weighted by molar-refractivity contribution is 0.265. The lowest BCUT2D eigenvalue weighted by atomic mass is 10.2. The van der Waals surface area contributed by atoms with Gasteiger partial charge < -0.3 is 9.16 Å². The maximum atomic E-state index is 14.5. The van der Waals surface area contributed by atoms with Crippen LogP contribution >= 0.6 is 0 Å². The summed E-state index contributed by atoms with van der Waals surface area (Å²) in [5, 5.41) is 0.0794. The molecule has 1 aromatic heterocycles. The van der Waals surface area contributed by atoms with Crippen molar-refractivity contribution in [3.63, 3.8) is 0 Å². The predicted molar refractivity (Wildman–Crippen MR) is 86.8 cm³/mol. The lowest BCUT2D eigenvalue weighted by Crippen LogP contribution is -2.40. The molecule has 0 saturated carbocycles. The Labute approximate surface area is 128 Å². The quantitative estimate of drug-likeness (QED) is 0.561. The largest absolute Gasteiger partial charge is 0.494 e. The van der Waals surface area contributed by atoms with Gasteiger partial charge in [0, 0.05) is 6.20 Å². The molecule has 0 aromatic carbocycles. The molecule has 0 N–H and O–H groups in total. The highest BCUT2D eigenvalue weighted by Gasteiger charge is 2.37. The van der Waals surface area contributed by atoms with Gasteiger partial charge in [-0.25, -0.2) is 4.39 Å². The zero-order valence-corrected chi connectivity index (χ0v) is 14.9. The maximum Gasteiger partial charge on any atom is 0.192 e. The van der Waals surface area contributed by atoms with Crippen LogP contribution in [0.2, 0.25) is 18.1 Å². The minimum Gasteiger partial charge on any atom is -0.494 e. The van der Waals surface area contributed by atoms with Crippen molar-refractivity contribution < 1.29 is 13.6 Å². The number of ether oxygens (including phenoxy) is 1. The molecule has 5 heteroatoms. The molecule has 3 nitrogen and oxygen atoms in total. The van der Waals surface area contributed by atoms with Crippen LogP contribution in [0.4, 0.5) is 4.39 Å². The number of hydrogen-bond donors (Lipinski definition) is 0. The molecule has 0 aliphatic rings. The van der Waals surface area contributed by atoms with Crippen LogP contribution in [-0.2, 0) is 15.8 Å². The normalized spacial score (nSPS) is 12.3. The van der Waals surface area contributed by atoms with Crippen molar-refractivity contribution in [2.75, 3.05) is 6.61 Å². The fourth-order valence-electron chi connectivity index (χ4n) is 1.52. The third-order valence-corrected chi connectivity index (χ3v) is 8.43. The van der Waals surface area contributed by atoms with Crippen molar-refractivity contribution in [3.05, 3.63) is 35.9 Å². The van der Waals surface area contributed by atoms with Gasteiger partial charge in [0.1, 0.15) is 11.5 Å². The molecule has 0 amide bonds. The van der Waals surface area contributed by atoms with Crippen molar-refractivity contribution in [2.45, 2.75) is 52.4 Å². The van der Waals surface area contributed by atoms with Gasteiger partial charge in [-0.1, -0.05) is 27.4 Å². The van der Waals surface area contributed by atoms with Gasteiger partial charge in [-0.05, 0) is 31.1 Å². The number of hydrogen-bond acceptors (Lipinski definition) is 3. The Kier molecular flexibility index (Phi) is 5.70. The van der Waals surface area contributed by atoms with Crippen molar-refractivity contribution in [3.8, 4) is 0 Å². The molecule has 0 unspecified atom stereocenters. The SMILES string of the molecule is C=C(OCC)c1ccnc(CO[Si](C)(C)C(C)(C)C)c1F. The van der Waals surface area contributed by atoms with Crippen LogP contribution in [0.1, 0.15) is 39.0 Å². The Hall–Kier alpha value is -1.20. The fraction of sp³-hybridized carbons (Fsp3) is 0.562. The van der Waals surface area contributed by atoms with Crippen molar-refractivity contribution in [1.82, 2.24) is 4.98 Å². The Morgan fingerprint density at radius 1 is 1.38 bits per heavy atom. The number of rotatable bonds is 6. The molecule has 0 radical (unpaired) electrons. The zero-order chi connectivity index (χ0) is 16.3. The van der Waals surface area contributed by atoms with Gasteiger partial charge in [0.05, 0.1) is 18.8 Å². The Bertz CT molecular complexity index is 509. The van der Waals surface area contributed by atoms with E-state index in [9.17, 15) is 4.39 Å². The van der Waals surface area contributed by atoms with E-state index < -0.39 is 14.1 Å². The average Bonchev–Trinajstić information content (AvgIpc) is 2.36. The fourth-order valence-corrected chi connectivity index (χ4v) is 2.45. The first-order valence-electron chi connectivity index (χ1n) is 7.19. The van der Waals surface area contributed by atoms with E-state index in [-0.39, 0.29) is 11.6 Å². The summed E-state index contributed by atoms with van der Waals surface area (Å²) in [4.78, 5) is 4.09. The predicted octanol–water partition coefficient (Wildman–Crippen LogP) is 4.75. The van der Waals surface area contributed by atoms with Crippen molar-refractivity contribution in [1.29, 1.82) is 0 Å². The molecule has 0 bridgehead atoms. The summed E-state index contributed by atoms with van der Waals surface area (Å²) < 4.78 is 25.7. The van der Waals surface area contributed by atoms with Crippen LogP contribution in [0, 0.1) is 5.82 Å². The second-order valence-electron chi connectivity index (χ2n) is 6.52. The van der Waals surface area contributed by atoms with E-state index in [1.807, 2.05) is 6.92 Å². The summed E-state index contributed by atoms with van der Waals surface area (Å²) >= 11 is 0. The van der Waals surface area contributed by atoms with Crippen molar-refractivity contribution >= 4 is 14.1 Å². The molecular formula is C16H26FNO2Si. The van der Waals surface area contributed by atoms with E-state index in [4.69, 9.17) is 9.16 Å². The molecule has 1 heterocycles. The highest BCUT2D eigenvalue weighted by molar-refractivity contribution is 6.74. The van der Waals surface area contributed by atoms with Gasteiger partial charge in [-0.15, -0.1) is 0 Å². The first-order chi connectivity index (χ1) is 9.60. The summed E-state index contributed by atoms with van der Waals surface area (Å²) in [6, 6.07) is 1.57. The standard InChI is InChI=1S/C16H26FNO2Si/c1-8-19-12(2)13-9-10-18-14(15(13)17)11-20-21(6,7)16(3,4)5/h9-10H,2,8,11H2,1,3-7H3. The minimum absolute atomic E-state index is 0.0794. The number of halogens is 1. The molecule has 1 aromatic rings. The van der Waals surface area contributed by atoms with Gasteiger partial charge >= 0.3 is 0 Å². The topological polar surface area (TPSA) is 31.4 Å². The monoisotopic (exact) mass is 311 g/mol. The second kappa shape index (κ2) is 6.71. The number of aromatic nitrogens is 1. The molecule has 21 heavy (non-hydrogen) atoms. The van der Waals surface area contributed by atoms with E-state index in [1.54, 1.807) is 12.3 Å². The van der Waals surface area contributed by atoms with Crippen LogP contribution in [0.5, 0.6) is 0 Å². The van der Waals surface area contributed by atoms with E-state index in [0.717, 1.165) is 0 Å². The van der Waals surface area contributed by atoms with Gasteiger partial charge in [-0.2, -0.15) is 0 Å². The van der Waals surface area contributed by atoms with E-state index >= 15 is 0 Å². The van der Waals surface area contributed by atoms with Gasteiger partial charge in [0.2, 0.25) is 0 Å². The third kappa shape index (κ3) is 4.38. The maximum absolute atomic E-state index is 14.5.